The number of carbonyl (C=O) groups is 1. The van der Waals surface area contributed by atoms with E-state index in [4.69, 9.17) is 30.6 Å². The maximum absolute atomic E-state index is 10.1. The Kier molecular flexibility index (Phi) is 7.45. The summed E-state index contributed by atoms with van der Waals surface area (Å²) in [6, 6.07) is 0. The highest BCUT2D eigenvalue weighted by Gasteiger charge is 2.33. The number of carboxylic acid groups (broad SMARTS) is 1. The van der Waals surface area contributed by atoms with Crippen LogP contribution in [0.5, 0.6) is 0 Å². The minimum Gasteiger partial charge on any atom is -0.479 e. The smallest absolute Gasteiger partial charge is 0.335 e. The van der Waals surface area contributed by atoms with Gasteiger partial charge in [0.15, 0.2) is 6.10 Å². The molecule has 86 valence electrons. The largest absolute Gasteiger partial charge is 0.479 e. The van der Waals surface area contributed by atoms with Crippen LogP contribution in [-0.2, 0) is 4.79 Å². The third-order valence-electron chi connectivity index (χ3n) is 1.51. The molecule has 0 aromatic carbocycles. The summed E-state index contributed by atoms with van der Waals surface area (Å²) in [6.45, 7) is -0.843. The van der Waals surface area contributed by atoms with Gasteiger partial charge in [-0.1, -0.05) is 0 Å². The van der Waals surface area contributed by atoms with E-state index >= 15 is 0 Å². The summed E-state index contributed by atoms with van der Waals surface area (Å²) >= 11 is 0. The van der Waals surface area contributed by atoms with Gasteiger partial charge in [0.05, 0.1) is 6.61 Å². The fourth-order valence-corrected chi connectivity index (χ4v) is 0.668. The second kappa shape index (κ2) is 6.65. The van der Waals surface area contributed by atoms with E-state index in [0.717, 1.165) is 0 Å². The Morgan fingerprint density at radius 1 is 1.07 bits per heavy atom. The fourth-order valence-electron chi connectivity index (χ4n) is 0.668. The molecule has 0 aromatic rings. The number of carboxylic acids is 1. The van der Waals surface area contributed by atoms with Gasteiger partial charge in [0.1, 0.15) is 18.3 Å². The topological polar surface area (TPSA) is 170 Å². The maximum atomic E-state index is 10.1. The van der Waals surface area contributed by atoms with Crippen molar-refractivity contribution in [2.45, 2.75) is 24.4 Å². The van der Waals surface area contributed by atoms with Crippen LogP contribution in [-0.4, -0.2) is 73.1 Å². The van der Waals surface area contributed by atoms with Gasteiger partial charge in [-0.15, -0.1) is 0 Å². The van der Waals surface area contributed by atoms with Crippen molar-refractivity contribution in [1.29, 1.82) is 0 Å². The van der Waals surface area contributed by atoms with E-state index in [1.165, 1.54) is 0 Å². The van der Waals surface area contributed by atoms with Crippen LogP contribution in [0.4, 0.5) is 0 Å². The lowest BCUT2D eigenvalue weighted by Crippen LogP contribution is -2.48. The van der Waals surface area contributed by atoms with Crippen LogP contribution in [0.2, 0.25) is 0 Å². The molecule has 0 amide bonds. The standard InChI is InChI=1S/C6H12O7.H2O/c7-1-2(8)3(9)4(10)5(11)6(12)13;/h2-5,7-11H,1H2,(H,12,13);1H2/t2-,3-,4+,5-;/m1./s1. The number of aliphatic hydroxyl groups is 5. The Labute approximate surface area is 79.0 Å². The molecule has 14 heavy (non-hydrogen) atoms. The van der Waals surface area contributed by atoms with Gasteiger partial charge >= 0.3 is 5.97 Å². The summed E-state index contributed by atoms with van der Waals surface area (Å²) < 4.78 is 0. The maximum Gasteiger partial charge on any atom is 0.335 e. The molecule has 0 aliphatic heterocycles. The first-order chi connectivity index (χ1) is 5.91. The number of hydrogen-bond acceptors (Lipinski definition) is 6. The average Bonchev–Trinajstić information content (AvgIpc) is 2.12. The van der Waals surface area contributed by atoms with E-state index in [1.807, 2.05) is 0 Å². The molecule has 0 saturated carbocycles. The van der Waals surface area contributed by atoms with Gasteiger partial charge in [-0.05, 0) is 0 Å². The van der Waals surface area contributed by atoms with E-state index in [1.54, 1.807) is 0 Å². The van der Waals surface area contributed by atoms with E-state index < -0.39 is 37.0 Å². The first-order valence-corrected chi connectivity index (χ1v) is 3.47. The fraction of sp³-hybridized carbons (Fsp3) is 0.833. The summed E-state index contributed by atoms with van der Waals surface area (Å²) in [7, 11) is 0. The molecule has 4 atom stereocenters. The van der Waals surface area contributed by atoms with Crippen LogP contribution in [0.3, 0.4) is 0 Å². The van der Waals surface area contributed by atoms with Crippen LogP contribution in [0, 0.1) is 0 Å². The van der Waals surface area contributed by atoms with E-state index in [0.29, 0.717) is 0 Å². The normalized spacial score (nSPS) is 18.9. The van der Waals surface area contributed by atoms with Crippen LogP contribution >= 0.6 is 0 Å². The first-order valence-electron chi connectivity index (χ1n) is 3.47. The van der Waals surface area contributed by atoms with E-state index in [2.05, 4.69) is 0 Å². The molecule has 0 bridgehead atoms. The second-order valence-electron chi connectivity index (χ2n) is 2.51. The van der Waals surface area contributed by atoms with Crippen molar-refractivity contribution in [3.8, 4) is 0 Å². The van der Waals surface area contributed by atoms with Crippen molar-refractivity contribution < 1.29 is 40.9 Å². The Balaban J connectivity index is 0. The Morgan fingerprint density at radius 3 is 1.79 bits per heavy atom. The zero-order chi connectivity index (χ0) is 10.6. The zero-order valence-electron chi connectivity index (χ0n) is 7.11. The third-order valence-corrected chi connectivity index (χ3v) is 1.51. The molecule has 0 radical (unpaired) electrons. The molecule has 8 heteroatoms. The molecule has 0 rings (SSSR count). The molecule has 0 aliphatic carbocycles. The lowest BCUT2D eigenvalue weighted by atomic mass is 10.0. The molecule has 0 saturated heterocycles. The minimum absolute atomic E-state index is 0. The quantitative estimate of drug-likeness (QED) is 0.268. The molecule has 0 unspecified atom stereocenters. The van der Waals surface area contributed by atoms with Gasteiger partial charge < -0.3 is 36.1 Å². The predicted octanol–water partition coefficient (Wildman–Crippen LogP) is -4.32. The Morgan fingerprint density at radius 2 is 1.50 bits per heavy atom. The van der Waals surface area contributed by atoms with E-state index in [9.17, 15) is 4.79 Å². The second-order valence-corrected chi connectivity index (χ2v) is 2.51. The summed E-state index contributed by atoms with van der Waals surface area (Å²) in [5.41, 5.74) is 0. The molecule has 8 nitrogen and oxygen atoms in total. The highest BCUT2D eigenvalue weighted by Crippen LogP contribution is 2.04. The summed E-state index contributed by atoms with van der Waals surface area (Å²) in [6.07, 6.45) is -7.84. The lowest BCUT2D eigenvalue weighted by Gasteiger charge is -2.23. The van der Waals surface area contributed by atoms with E-state index in [-0.39, 0.29) is 5.48 Å². The van der Waals surface area contributed by atoms with Crippen molar-refractivity contribution in [1.82, 2.24) is 0 Å². The first kappa shape index (κ1) is 15.7. The number of hydrogen-bond donors (Lipinski definition) is 6. The van der Waals surface area contributed by atoms with Crippen molar-refractivity contribution in [3.63, 3.8) is 0 Å². The third kappa shape index (κ3) is 3.96. The van der Waals surface area contributed by atoms with Crippen molar-refractivity contribution in [2.24, 2.45) is 0 Å². The van der Waals surface area contributed by atoms with Gasteiger partial charge in [-0.2, -0.15) is 0 Å². The molecule has 0 aliphatic rings. The van der Waals surface area contributed by atoms with Gasteiger partial charge in [0, 0.05) is 0 Å². The van der Waals surface area contributed by atoms with Crippen LogP contribution < -0.4 is 0 Å². The number of rotatable bonds is 5. The van der Waals surface area contributed by atoms with Crippen molar-refractivity contribution >= 4 is 5.97 Å². The summed E-state index contributed by atoms with van der Waals surface area (Å²) in [5, 5.41) is 51.8. The minimum atomic E-state index is -2.20. The Hall–Kier alpha value is -0.770. The van der Waals surface area contributed by atoms with Crippen LogP contribution in [0.15, 0.2) is 0 Å². The summed E-state index contributed by atoms with van der Waals surface area (Å²) in [5.74, 6) is -1.73. The van der Waals surface area contributed by atoms with Gasteiger partial charge in [-0.3, -0.25) is 0 Å². The molecule has 8 N–H and O–H groups in total. The Bertz CT molecular complexity index is 171. The SMILES string of the molecule is O.O=C(O)[C@H](O)[C@@H](O)[C@H](O)[C@H](O)CO. The number of aliphatic hydroxyl groups excluding tert-OH is 5. The van der Waals surface area contributed by atoms with Crippen LogP contribution in [0.25, 0.3) is 0 Å². The molecule has 0 aromatic heterocycles. The molecule has 0 heterocycles. The van der Waals surface area contributed by atoms with Gasteiger partial charge in [-0.25, -0.2) is 4.79 Å². The molecular formula is C6H14O8. The zero-order valence-corrected chi connectivity index (χ0v) is 7.11. The highest BCUT2D eigenvalue weighted by molar-refractivity contribution is 5.72. The monoisotopic (exact) mass is 214 g/mol. The molecular weight excluding hydrogens is 200 g/mol. The lowest BCUT2D eigenvalue weighted by molar-refractivity contribution is -0.164. The highest BCUT2D eigenvalue weighted by atomic mass is 16.4. The van der Waals surface area contributed by atoms with Crippen LogP contribution in [0.1, 0.15) is 0 Å². The molecule has 0 spiro atoms. The van der Waals surface area contributed by atoms with Gasteiger partial charge in [0.2, 0.25) is 0 Å². The van der Waals surface area contributed by atoms with Crippen molar-refractivity contribution in [2.75, 3.05) is 6.61 Å². The molecule has 0 fully saturated rings. The average molecular weight is 214 g/mol. The summed E-state index contributed by atoms with van der Waals surface area (Å²) in [4.78, 5) is 10.1. The number of aliphatic carboxylic acids is 1. The van der Waals surface area contributed by atoms with Gasteiger partial charge in [0.25, 0.3) is 0 Å². The predicted molar refractivity (Wildman–Crippen MR) is 42.4 cm³/mol. The van der Waals surface area contributed by atoms with Crippen molar-refractivity contribution in [3.05, 3.63) is 0 Å².